The van der Waals surface area contributed by atoms with Crippen LogP contribution in [0.2, 0.25) is 5.15 Å². The molecule has 10 heteroatoms. The van der Waals surface area contributed by atoms with Crippen molar-refractivity contribution in [2.24, 2.45) is 5.73 Å². The molecule has 9 nitrogen and oxygen atoms in total. The Hall–Kier alpha value is -3.04. The third-order valence-corrected chi connectivity index (χ3v) is 5.00. The lowest BCUT2D eigenvalue weighted by molar-refractivity contribution is -0.106. The second-order valence-corrected chi connectivity index (χ2v) is 6.77. The molecule has 0 radical (unpaired) electrons. The van der Waals surface area contributed by atoms with E-state index >= 15 is 0 Å². The number of hydrogen-bond acceptors (Lipinski definition) is 7. The number of hydrogen-bond donors (Lipinski definition) is 2. The van der Waals surface area contributed by atoms with Crippen molar-refractivity contribution in [3.63, 3.8) is 0 Å². The summed E-state index contributed by atoms with van der Waals surface area (Å²) in [5, 5.41) is 6.06. The van der Waals surface area contributed by atoms with E-state index in [1.807, 2.05) is 10.5 Å². The molecule has 1 saturated heterocycles. The Morgan fingerprint density at radius 1 is 1.36 bits per heavy atom. The standard InChI is InChI=1S/C18H19ClN8O/c1-11-17(12(6-20)7-21)28-5-4-26(11)15-2-3-22-18(25-15)13-8-24-16-9-23-14(19)10-27(13)16/h2-3,6-11,17,20H,4-5,21H2,1H3/p+1/b12-7+,20-6?. The SMILES string of the molecule is CC1C(/C(C=[NH2+])=C/N)OCCN1c1ccnc(-c2cnc3cnc(Cl)cn23)n1. The van der Waals surface area contributed by atoms with Crippen LogP contribution in [-0.2, 0) is 4.74 Å². The Labute approximate surface area is 166 Å². The molecule has 1 aliphatic heterocycles. The van der Waals surface area contributed by atoms with E-state index in [9.17, 15) is 0 Å². The van der Waals surface area contributed by atoms with Crippen molar-refractivity contribution in [2.45, 2.75) is 19.1 Å². The second-order valence-electron chi connectivity index (χ2n) is 6.38. The minimum Gasteiger partial charge on any atom is -0.404 e. The topological polar surface area (TPSA) is 120 Å². The van der Waals surface area contributed by atoms with E-state index in [2.05, 4.69) is 26.8 Å². The fraction of sp³-hybridized carbons (Fsp3) is 0.278. The van der Waals surface area contributed by atoms with Crippen molar-refractivity contribution >= 4 is 29.3 Å². The Morgan fingerprint density at radius 3 is 3.00 bits per heavy atom. The molecule has 1 aliphatic rings. The molecule has 2 unspecified atom stereocenters. The maximum atomic E-state index is 6.03. The Balaban J connectivity index is 1.70. The number of ether oxygens (including phenoxy) is 1. The zero-order chi connectivity index (χ0) is 19.7. The lowest BCUT2D eigenvalue weighted by Crippen LogP contribution is -2.52. The van der Waals surface area contributed by atoms with Gasteiger partial charge in [-0.2, -0.15) is 0 Å². The summed E-state index contributed by atoms with van der Waals surface area (Å²) in [5.41, 5.74) is 7.84. The first kappa shape index (κ1) is 18.3. The van der Waals surface area contributed by atoms with Gasteiger partial charge in [0.05, 0.1) is 30.6 Å². The van der Waals surface area contributed by atoms with Crippen LogP contribution in [0.25, 0.3) is 17.2 Å². The Kier molecular flexibility index (Phi) is 4.93. The number of rotatable bonds is 4. The minimum absolute atomic E-state index is 0.00747. The van der Waals surface area contributed by atoms with Crippen LogP contribution in [0, 0.1) is 0 Å². The van der Waals surface area contributed by atoms with Crippen LogP contribution in [0.5, 0.6) is 0 Å². The van der Waals surface area contributed by atoms with E-state index in [0.29, 0.717) is 29.8 Å². The Bertz CT molecular complexity index is 1050. The molecule has 144 valence electrons. The molecule has 3 aromatic heterocycles. The molecule has 0 saturated carbocycles. The summed E-state index contributed by atoms with van der Waals surface area (Å²) in [7, 11) is 0. The van der Waals surface area contributed by atoms with E-state index in [1.54, 1.807) is 24.8 Å². The first-order valence-electron chi connectivity index (χ1n) is 8.79. The van der Waals surface area contributed by atoms with Crippen molar-refractivity contribution < 1.29 is 10.1 Å². The summed E-state index contributed by atoms with van der Waals surface area (Å²) in [6.45, 7) is 3.29. The molecular formula is C18H20ClN8O+. The summed E-state index contributed by atoms with van der Waals surface area (Å²) < 4.78 is 7.70. The quantitative estimate of drug-likeness (QED) is 0.597. The largest absolute Gasteiger partial charge is 0.404 e. The fourth-order valence-corrected chi connectivity index (χ4v) is 3.54. The molecular weight excluding hydrogens is 380 g/mol. The summed E-state index contributed by atoms with van der Waals surface area (Å²) in [6.07, 6.45) is 9.45. The summed E-state index contributed by atoms with van der Waals surface area (Å²) in [4.78, 5) is 19.7. The molecule has 3 aromatic rings. The van der Waals surface area contributed by atoms with Gasteiger partial charge in [-0.1, -0.05) is 11.6 Å². The van der Waals surface area contributed by atoms with Gasteiger partial charge in [-0.3, -0.25) is 9.81 Å². The third kappa shape index (κ3) is 3.19. The van der Waals surface area contributed by atoms with Gasteiger partial charge in [-0.05, 0) is 13.0 Å². The molecule has 2 atom stereocenters. The summed E-state index contributed by atoms with van der Waals surface area (Å²) >= 11 is 6.03. The lowest BCUT2D eigenvalue weighted by atomic mass is 10.0. The number of imidazole rings is 1. The van der Waals surface area contributed by atoms with Crippen molar-refractivity contribution in [3.05, 3.63) is 47.8 Å². The number of halogens is 1. The molecule has 1 fully saturated rings. The van der Waals surface area contributed by atoms with Gasteiger partial charge in [0, 0.05) is 25.1 Å². The normalized spacial score (nSPS) is 20.5. The Morgan fingerprint density at radius 2 is 2.21 bits per heavy atom. The van der Waals surface area contributed by atoms with Crippen LogP contribution in [0.15, 0.2) is 42.6 Å². The van der Waals surface area contributed by atoms with Gasteiger partial charge in [0.2, 0.25) is 0 Å². The molecule has 0 aromatic carbocycles. The average molecular weight is 400 g/mol. The van der Waals surface area contributed by atoms with Gasteiger partial charge in [0.25, 0.3) is 0 Å². The molecule has 0 amide bonds. The zero-order valence-corrected chi connectivity index (χ0v) is 16.0. The first-order valence-corrected chi connectivity index (χ1v) is 9.17. The monoisotopic (exact) mass is 399 g/mol. The van der Waals surface area contributed by atoms with Gasteiger partial charge in [-0.25, -0.2) is 19.9 Å². The van der Waals surface area contributed by atoms with Gasteiger partial charge >= 0.3 is 0 Å². The highest BCUT2D eigenvalue weighted by molar-refractivity contribution is 6.29. The van der Waals surface area contributed by atoms with Gasteiger partial charge in [0.15, 0.2) is 17.7 Å². The van der Waals surface area contributed by atoms with Crippen molar-refractivity contribution in [2.75, 3.05) is 18.1 Å². The number of morpholine rings is 1. The maximum absolute atomic E-state index is 6.03. The second kappa shape index (κ2) is 7.53. The lowest BCUT2D eigenvalue weighted by Gasteiger charge is -2.39. The molecule has 4 N–H and O–H groups in total. The maximum Gasteiger partial charge on any atom is 0.180 e. The van der Waals surface area contributed by atoms with Crippen LogP contribution in [-0.4, -0.2) is 55.8 Å². The number of fused-ring (bicyclic) bond motifs is 1. The molecule has 28 heavy (non-hydrogen) atoms. The van der Waals surface area contributed by atoms with Gasteiger partial charge in [0.1, 0.15) is 22.8 Å². The fourth-order valence-electron chi connectivity index (χ4n) is 3.39. The molecule has 0 bridgehead atoms. The van der Waals surface area contributed by atoms with Crippen molar-refractivity contribution in [3.8, 4) is 11.5 Å². The van der Waals surface area contributed by atoms with Crippen LogP contribution in [0.1, 0.15) is 6.92 Å². The van der Waals surface area contributed by atoms with Crippen molar-refractivity contribution in [1.82, 2.24) is 24.3 Å². The predicted octanol–water partition coefficient (Wildman–Crippen LogP) is 0.106. The van der Waals surface area contributed by atoms with Crippen molar-refractivity contribution in [1.29, 1.82) is 0 Å². The average Bonchev–Trinajstić information content (AvgIpc) is 3.13. The predicted molar refractivity (Wildman–Crippen MR) is 106 cm³/mol. The van der Waals surface area contributed by atoms with E-state index in [4.69, 9.17) is 32.5 Å². The van der Waals surface area contributed by atoms with Gasteiger partial charge < -0.3 is 15.4 Å². The van der Waals surface area contributed by atoms with E-state index in [1.165, 1.54) is 12.4 Å². The zero-order valence-electron chi connectivity index (χ0n) is 15.2. The summed E-state index contributed by atoms with van der Waals surface area (Å²) in [6, 6.07) is 1.87. The number of nitrogens with zero attached hydrogens (tertiary/aromatic N) is 6. The number of nitrogens with two attached hydrogens (primary N) is 2. The first-order chi connectivity index (χ1) is 13.6. The third-order valence-electron chi connectivity index (χ3n) is 4.80. The molecule has 4 rings (SSSR count). The number of aromatic nitrogens is 5. The summed E-state index contributed by atoms with van der Waals surface area (Å²) in [5.74, 6) is 1.33. The van der Waals surface area contributed by atoms with E-state index in [-0.39, 0.29) is 12.1 Å². The van der Waals surface area contributed by atoms with E-state index in [0.717, 1.165) is 17.1 Å². The number of anilines is 1. The molecule has 4 heterocycles. The highest BCUT2D eigenvalue weighted by Crippen LogP contribution is 2.26. The highest BCUT2D eigenvalue weighted by atomic mass is 35.5. The van der Waals surface area contributed by atoms with Crippen LogP contribution in [0.4, 0.5) is 5.82 Å². The smallest absolute Gasteiger partial charge is 0.180 e. The minimum atomic E-state index is -0.233. The van der Waals surface area contributed by atoms with Crippen LogP contribution < -0.4 is 16.0 Å². The molecule has 0 spiro atoms. The van der Waals surface area contributed by atoms with Crippen LogP contribution in [0.3, 0.4) is 0 Å². The van der Waals surface area contributed by atoms with Crippen LogP contribution >= 0.6 is 11.6 Å². The van der Waals surface area contributed by atoms with E-state index < -0.39 is 0 Å². The van der Waals surface area contributed by atoms with Gasteiger partial charge in [-0.15, -0.1) is 0 Å². The molecule has 0 aliphatic carbocycles. The highest BCUT2D eigenvalue weighted by Gasteiger charge is 2.32.